The predicted octanol–water partition coefficient (Wildman–Crippen LogP) is 1.66. The van der Waals surface area contributed by atoms with Crippen molar-refractivity contribution < 1.29 is 13.2 Å². The fourth-order valence-corrected chi connectivity index (χ4v) is 4.39. The number of sulfonamides is 1. The van der Waals surface area contributed by atoms with Crippen molar-refractivity contribution in [3.05, 3.63) is 53.1 Å². The maximum atomic E-state index is 13.1. The smallest absolute Gasteiger partial charge is 0.255 e. The summed E-state index contributed by atoms with van der Waals surface area (Å²) in [5, 5.41) is 0. The Labute approximate surface area is 160 Å². The third-order valence-electron chi connectivity index (χ3n) is 5.06. The highest BCUT2D eigenvalue weighted by Gasteiger charge is 2.26. The first-order valence-electron chi connectivity index (χ1n) is 9.08. The molecule has 146 valence electrons. The Balaban J connectivity index is 1.78. The van der Waals surface area contributed by atoms with Gasteiger partial charge in [0.1, 0.15) is 0 Å². The molecule has 27 heavy (non-hydrogen) atoms. The van der Waals surface area contributed by atoms with Gasteiger partial charge in [0.2, 0.25) is 10.0 Å². The molecule has 2 aromatic rings. The van der Waals surface area contributed by atoms with Crippen LogP contribution in [-0.4, -0.2) is 65.5 Å². The van der Waals surface area contributed by atoms with Gasteiger partial charge in [0.15, 0.2) is 0 Å². The van der Waals surface area contributed by atoms with Gasteiger partial charge >= 0.3 is 0 Å². The van der Waals surface area contributed by atoms with Crippen molar-refractivity contribution in [2.75, 3.05) is 32.4 Å². The Kier molecular flexibility index (Phi) is 5.67. The number of aromatic nitrogens is 2. The number of nitrogens with zero attached hydrogens (tertiary/aromatic N) is 4. The zero-order valence-electron chi connectivity index (χ0n) is 16.1. The first-order valence-corrected chi connectivity index (χ1v) is 10.9. The van der Waals surface area contributed by atoms with Crippen LogP contribution in [0.3, 0.4) is 0 Å². The third kappa shape index (κ3) is 4.39. The first-order chi connectivity index (χ1) is 12.8. The molecule has 1 aliphatic heterocycles. The van der Waals surface area contributed by atoms with E-state index in [0.717, 1.165) is 17.1 Å². The second-order valence-corrected chi connectivity index (χ2v) is 8.98. The van der Waals surface area contributed by atoms with Crippen LogP contribution in [0.25, 0.3) is 0 Å². The van der Waals surface area contributed by atoms with Crippen LogP contribution in [0.4, 0.5) is 0 Å². The van der Waals surface area contributed by atoms with E-state index in [-0.39, 0.29) is 5.91 Å². The molecule has 7 nitrogen and oxygen atoms in total. The van der Waals surface area contributed by atoms with Gasteiger partial charge in [0.05, 0.1) is 24.1 Å². The van der Waals surface area contributed by atoms with Crippen LogP contribution in [0.2, 0.25) is 0 Å². The Morgan fingerprint density at radius 2 is 1.93 bits per heavy atom. The molecule has 3 heterocycles. The molecule has 0 unspecified atom stereocenters. The summed E-state index contributed by atoms with van der Waals surface area (Å²) in [6.07, 6.45) is 3.63. The monoisotopic (exact) mass is 390 g/mol. The Morgan fingerprint density at radius 1 is 1.15 bits per heavy atom. The number of amides is 1. The molecule has 8 heteroatoms. The van der Waals surface area contributed by atoms with Crippen molar-refractivity contribution in [1.82, 2.24) is 18.8 Å². The lowest BCUT2D eigenvalue weighted by Gasteiger charge is -2.21. The fourth-order valence-electron chi connectivity index (χ4n) is 3.51. The summed E-state index contributed by atoms with van der Waals surface area (Å²) in [6.45, 7) is 6.33. The minimum atomic E-state index is -3.22. The SMILES string of the molecule is Cc1cc(C(=O)N2CCCN(S(C)(=O)=O)CC2)c(C)n1Cc1ccccn1. The van der Waals surface area contributed by atoms with Gasteiger partial charge < -0.3 is 9.47 Å². The molecule has 0 atom stereocenters. The van der Waals surface area contributed by atoms with Crippen molar-refractivity contribution in [3.63, 3.8) is 0 Å². The van der Waals surface area contributed by atoms with Gasteiger partial charge in [0, 0.05) is 43.8 Å². The Bertz CT molecular complexity index is 922. The molecule has 1 saturated heterocycles. The molecule has 1 fully saturated rings. The standard InChI is InChI=1S/C19H26N4O3S/c1-15-13-18(16(2)23(15)14-17-7-4-5-8-20-17)19(24)21-9-6-10-22(12-11-21)27(3,25)26/h4-5,7-8,13H,6,9-12,14H2,1-3H3. The van der Waals surface area contributed by atoms with Crippen LogP contribution in [0.15, 0.2) is 30.5 Å². The van der Waals surface area contributed by atoms with Gasteiger partial charge in [-0.05, 0) is 38.5 Å². The van der Waals surface area contributed by atoms with E-state index in [9.17, 15) is 13.2 Å². The predicted molar refractivity (Wildman–Crippen MR) is 104 cm³/mol. The quantitative estimate of drug-likeness (QED) is 0.796. The van der Waals surface area contributed by atoms with E-state index >= 15 is 0 Å². The van der Waals surface area contributed by atoms with Crippen molar-refractivity contribution in [1.29, 1.82) is 0 Å². The molecule has 2 aromatic heterocycles. The molecule has 0 radical (unpaired) electrons. The number of aryl methyl sites for hydroxylation is 1. The van der Waals surface area contributed by atoms with E-state index in [1.165, 1.54) is 10.6 Å². The molecule has 1 amide bonds. The summed E-state index contributed by atoms with van der Waals surface area (Å²) in [6, 6.07) is 7.72. The summed E-state index contributed by atoms with van der Waals surface area (Å²) in [5.41, 5.74) is 3.54. The number of pyridine rings is 1. The Hall–Kier alpha value is -2.19. The lowest BCUT2D eigenvalue weighted by atomic mass is 10.2. The number of carbonyl (C=O) groups excluding carboxylic acids is 1. The molecule has 0 aliphatic carbocycles. The second-order valence-electron chi connectivity index (χ2n) is 7.00. The zero-order valence-corrected chi connectivity index (χ0v) is 16.9. The van der Waals surface area contributed by atoms with Crippen LogP contribution in [0, 0.1) is 13.8 Å². The summed E-state index contributed by atoms with van der Waals surface area (Å²) in [5.74, 6) is -0.0364. The van der Waals surface area contributed by atoms with Gasteiger partial charge in [-0.25, -0.2) is 12.7 Å². The van der Waals surface area contributed by atoms with Gasteiger partial charge in [-0.2, -0.15) is 0 Å². The summed E-state index contributed by atoms with van der Waals surface area (Å²) in [7, 11) is -3.22. The van der Waals surface area contributed by atoms with E-state index in [0.29, 0.717) is 44.7 Å². The van der Waals surface area contributed by atoms with Gasteiger partial charge in [-0.15, -0.1) is 0 Å². The van der Waals surface area contributed by atoms with Gasteiger partial charge in [0.25, 0.3) is 5.91 Å². The summed E-state index contributed by atoms with van der Waals surface area (Å²) < 4.78 is 27.1. The van der Waals surface area contributed by atoms with E-state index in [1.807, 2.05) is 38.1 Å². The lowest BCUT2D eigenvalue weighted by molar-refractivity contribution is 0.0763. The van der Waals surface area contributed by atoms with Gasteiger partial charge in [-0.3, -0.25) is 9.78 Å². The molecule has 0 saturated carbocycles. The lowest BCUT2D eigenvalue weighted by Crippen LogP contribution is -2.37. The molecule has 0 N–H and O–H groups in total. The largest absolute Gasteiger partial charge is 0.342 e. The molecular formula is C19H26N4O3S. The highest BCUT2D eigenvalue weighted by atomic mass is 32.2. The topological polar surface area (TPSA) is 75.5 Å². The molecule has 0 aromatic carbocycles. The minimum Gasteiger partial charge on any atom is -0.342 e. The minimum absolute atomic E-state index is 0.0364. The van der Waals surface area contributed by atoms with Crippen molar-refractivity contribution in [2.45, 2.75) is 26.8 Å². The van der Waals surface area contributed by atoms with Crippen LogP contribution in [0.1, 0.15) is 33.9 Å². The summed E-state index contributed by atoms with van der Waals surface area (Å²) >= 11 is 0. The highest BCUT2D eigenvalue weighted by molar-refractivity contribution is 7.88. The first kappa shape index (κ1) is 19.6. The average Bonchev–Trinajstić information content (AvgIpc) is 2.82. The maximum absolute atomic E-state index is 13.1. The number of rotatable bonds is 4. The Morgan fingerprint density at radius 3 is 2.59 bits per heavy atom. The third-order valence-corrected chi connectivity index (χ3v) is 6.36. The van der Waals surface area contributed by atoms with Crippen molar-refractivity contribution >= 4 is 15.9 Å². The fraction of sp³-hybridized carbons (Fsp3) is 0.474. The van der Waals surface area contributed by atoms with Gasteiger partial charge in [-0.1, -0.05) is 6.07 Å². The molecule has 3 rings (SSSR count). The molecular weight excluding hydrogens is 364 g/mol. The highest BCUT2D eigenvalue weighted by Crippen LogP contribution is 2.19. The van der Waals surface area contributed by atoms with Crippen LogP contribution >= 0.6 is 0 Å². The molecule has 1 aliphatic rings. The van der Waals surface area contributed by atoms with Crippen LogP contribution in [0.5, 0.6) is 0 Å². The van der Waals surface area contributed by atoms with Crippen LogP contribution < -0.4 is 0 Å². The van der Waals surface area contributed by atoms with E-state index in [1.54, 1.807) is 11.1 Å². The van der Waals surface area contributed by atoms with E-state index < -0.39 is 10.0 Å². The van der Waals surface area contributed by atoms with Crippen molar-refractivity contribution in [2.24, 2.45) is 0 Å². The number of hydrogen-bond donors (Lipinski definition) is 0. The van der Waals surface area contributed by atoms with Crippen molar-refractivity contribution in [3.8, 4) is 0 Å². The maximum Gasteiger partial charge on any atom is 0.255 e. The normalized spacial score (nSPS) is 16.3. The summed E-state index contributed by atoms with van der Waals surface area (Å²) in [4.78, 5) is 19.2. The van der Waals surface area contributed by atoms with E-state index in [2.05, 4.69) is 9.55 Å². The molecule has 0 spiro atoms. The molecule has 0 bridgehead atoms. The number of carbonyl (C=O) groups is 1. The average molecular weight is 391 g/mol. The zero-order chi connectivity index (χ0) is 19.6. The number of hydrogen-bond acceptors (Lipinski definition) is 4. The second kappa shape index (κ2) is 7.82. The van der Waals surface area contributed by atoms with Crippen LogP contribution in [-0.2, 0) is 16.6 Å². The van der Waals surface area contributed by atoms with E-state index in [4.69, 9.17) is 0 Å².